The Hall–Kier alpha value is -4.16. The maximum atomic E-state index is 12.5. The number of hydrogen-bond acceptors (Lipinski definition) is 6. The second-order valence-electron chi connectivity index (χ2n) is 7.57. The smallest absolute Gasteiger partial charge is 0.280 e. The van der Waals surface area contributed by atoms with E-state index in [4.69, 9.17) is 10.00 Å². The third-order valence-electron chi connectivity index (χ3n) is 4.89. The van der Waals surface area contributed by atoms with E-state index < -0.39 is 22.0 Å². The summed E-state index contributed by atoms with van der Waals surface area (Å²) in [7, 11) is -3.69. The van der Waals surface area contributed by atoms with Crippen molar-refractivity contribution >= 4 is 27.3 Å². The van der Waals surface area contributed by atoms with E-state index in [1.807, 2.05) is 13.0 Å². The highest BCUT2D eigenvalue weighted by molar-refractivity contribution is 7.92. The van der Waals surface area contributed by atoms with Gasteiger partial charge in [0.25, 0.3) is 15.9 Å². The maximum absolute atomic E-state index is 12.5. The van der Waals surface area contributed by atoms with E-state index in [0.717, 1.165) is 5.56 Å². The van der Waals surface area contributed by atoms with Crippen molar-refractivity contribution in [2.45, 2.75) is 31.8 Å². The molecule has 2 N–H and O–H groups in total. The van der Waals surface area contributed by atoms with Gasteiger partial charge in [0.2, 0.25) is 0 Å². The van der Waals surface area contributed by atoms with E-state index >= 15 is 0 Å². The summed E-state index contributed by atoms with van der Waals surface area (Å²) in [5.74, 6) is 0.0252. The van der Waals surface area contributed by atoms with Crippen molar-refractivity contribution in [2.24, 2.45) is 5.10 Å². The first-order valence-electron chi connectivity index (χ1n) is 10.4. The van der Waals surface area contributed by atoms with E-state index in [2.05, 4.69) is 15.2 Å². The van der Waals surface area contributed by atoms with Crippen LogP contribution in [0, 0.1) is 18.3 Å². The lowest BCUT2D eigenvalue weighted by molar-refractivity contribution is -0.127. The lowest BCUT2D eigenvalue weighted by Crippen LogP contribution is -2.33. The number of hydrazone groups is 1. The number of nitrogens with zero attached hydrogens (tertiary/aromatic N) is 2. The SMILES string of the molecule is C/C(=N\NC(=O)C(C)Oc1ccc(C#N)cc1)c1ccc(NS(=O)(=O)c2ccc(C)cc2)cc1. The summed E-state index contributed by atoms with van der Waals surface area (Å²) in [5, 5.41) is 12.9. The molecule has 1 amide bonds. The zero-order chi connectivity index (χ0) is 24.7. The van der Waals surface area contributed by atoms with E-state index in [0.29, 0.717) is 28.3 Å². The second-order valence-corrected chi connectivity index (χ2v) is 9.25. The van der Waals surface area contributed by atoms with Crippen LogP contribution in [0.4, 0.5) is 5.69 Å². The largest absolute Gasteiger partial charge is 0.481 e. The number of hydrogen-bond donors (Lipinski definition) is 2. The van der Waals surface area contributed by atoms with Gasteiger partial charge >= 0.3 is 0 Å². The summed E-state index contributed by atoms with van der Waals surface area (Å²) >= 11 is 0. The van der Waals surface area contributed by atoms with Crippen molar-refractivity contribution in [2.75, 3.05) is 4.72 Å². The molecular formula is C25H24N4O4S. The molecule has 0 heterocycles. The van der Waals surface area contributed by atoms with Gasteiger partial charge < -0.3 is 4.74 Å². The van der Waals surface area contributed by atoms with Gasteiger partial charge in [-0.15, -0.1) is 0 Å². The van der Waals surface area contributed by atoms with Gasteiger partial charge in [-0.05, 0) is 74.9 Å². The van der Waals surface area contributed by atoms with Crippen LogP contribution < -0.4 is 14.9 Å². The van der Waals surface area contributed by atoms with Crippen molar-refractivity contribution in [1.29, 1.82) is 5.26 Å². The van der Waals surface area contributed by atoms with E-state index in [9.17, 15) is 13.2 Å². The monoisotopic (exact) mass is 476 g/mol. The van der Waals surface area contributed by atoms with Gasteiger partial charge in [0, 0.05) is 5.69 Å². The van der Waals surface area contributed by atoms with Gasteiger partial charge in [0.15, 0.2) is 6.10 Å². The number of carbonyl (C=O) groups is 1. The van der Waals surface area contributed by atoms with Crippen LogP contribution in [0.3, 0.4) is 0 Å². The van der Waals surface area contributed by atoms with Crippen LogP contribution in [0.1, 0.15) is 30.5 Å². The second kappa shape index (κ2) is 10.6. The van der Waals surface area contributed by atoms with Crippen molar-refractivity contribution in [3.05, 3.63) is 89.5 Å². The molecule has 1 unspecified atom stereocenters. The van der Waals surface area contributed by atoms with E-state index in [1.54, 1.807) is 86.6 Å². The molecule has 0 aromatic heterocycles. The average molecular weight is 477 g/mol. The zero-order valence-corrected chi connectivity index (χ0v) is 19.8. The highest BCUT2D eigenvalue weighted by atomic mass is 32.2. The molecule has 0 radical (unpaired) electrons. The molecule has 9 heteroatoms. The molecule has 3 aromatic rings. The highest BCUT2D eigenvalue weighted by Crippen LogP contribution is 2.18. The summed E-state index contributed by atoms with van der Waals surface area (Å²) in [5.41, 5.74) is 5.58. The molecule has 0 saturated heterocycles. The predicted octanol–water partition coefficient (Wildman–Crippen LogP) is 3.98. The van der Waals surface area contributed by atoms with Crippen LogP contribution in [0.15, 0.2) is 82.8 Å². The third-order valence-corrected chi connectivity index (χ3v) is 6.28. The summed E-state index contributed by atoms with van der Waals surface area (Å²) < 4.78 is 33.2. The number of nitrogens with one attached hydrogen (secondary N) is 2. The fraction of sp³-hybridized carbons (Fsp3) is 0.160. The Kier molecular flexibility index (Phi) is 7.66. The molecule has 0 aliphatic rings. The zero-order valence-electron chi connectivity index (χ0n) is 18.9. The lowest BCUT2D eigenvalue weighted by Gasteiger charge is -2.13. The van der Waals surface area contributed by atoms with Crippen LogP contribution in [0.2, 0.25) is 0 Å². The van der Waals surface area contributed by atoms with Gasteiger partial charge in [-0.3, -0.25) is 9.52 Å². The minimum atomic E-state index is -3.69. The molecular weight excluding hydrogens is 452 g/mol. The Labute approximate surface area is 198 Å². The number of aryl methyl sites for hydroxylation is 1. The molecule has 0 aliphatic heterocycles. The Balaban J connectivity index is 1.59. The number of benzene rings is 3. The van der Waals surface area contributed by atoms with Crippen molar-refractivity contribution in [3.8, 4) is 11.8 Å². The third kappa shape index (κ3) is 6.43. The quantitative estimate of drug-likeness (QED) is 0.376. The first kappa shape index (κ1) is 24.5. The molecule has 3 rings (SSSR count). The molecule has 174 valence electrons. The fourth-order valence-corrected chi connectivity index (χ4v) is 3.93. The number of sulfonamides is 1. The van der Waals surface area contributed by atoms with Crippen molar-refractivity contribution in [3.63, 3.8) is 0 Å². The minimum absolute atomic E-state index is 0.181. The number of carbonyl (C=O) groups excluding carboxylic acids is 1. The molecule has 0 aliphatic carbocycles. The van der Waals surface area contributed by atoms with Gasteiger partial charge in [-0.25, -0.2) is 13.8 Å². The van der Waals surface area contributed by atoms with Crippen LogP contribution in [-0.2, 0) is 14.8 Å². The van der Waals surface area contributed by atoms with Crippen LogP contribution in [0.5, 0.6) is 5.75 Å². The van der Waals surface area contributed by atoms with Crippen LogP contribution in [0.25, 0.3) is 0 Å². The van der Waals surface area contributed by atoms with Gasteiger partial charge in [-0.2, -0.15) is 10.4 Å². The Morgan fingerprint density at radius 1 is 1.00 bits per heavy atom. The summed E-state index contributed by atoms with van der Waals surface area (Å²) in [4.78, 5) is 12.5. The number of nitriles is 1. The fourth-order valence-electron chi connectivity index (χ4n) is 2.87. The summed E-state index contributed by atoms with van der Waals surface area (Å²) in [6, 6.07) is 21.7. The first-order valence-corrected chi connectivity index (χ1v) is 11.9. The average Bonchev–Trinajstić information content (AvgIpc) is 2.83. The van der Waals surface area contributed by atoms with Crippen LogP contribution >= 0.6 is 0 Å². The highest BCUT2D eigenvalue weighted by Gasteiger charge is 2.15. The van der Waals surface area contributed by atoms with Crippen molar-refractivity contribution in [1.82, 2.24) is 5.43 Å². The summed E-state index contributed by atoms with van der Waals surface area (Å²) in [6.45, 7) is 5.20. The molecule has 0 spiro atoms. The van der Waals surface area contributed by atoms with E-state index in [-0.39, 0.29) is 4.90 Å². The number of anilines is 1. The maximum Gasteiger partial charge on any atom is 0.280 e. The van der Waals surface area contributed by atoms with E-state index in [1.165, 1.54) is 0 Å². The van der Waals surface area contributed by atoms with Gasteiger partial charge in [-0.1, -0.05) is 29.8 Å². The van der Waals surface area contributed by atoms with Crippen molar-refractivity contribution < 1.29 is 17.9 Å². The molecule has 0 saturated carbocycles. The minimum Gasteiger partial charge on any atom is -0.481 e. The Morgan fingerprint density at radius 3 is 2.21 bits per heavy atom. The Morgan fingerprint density at radius 2 is 1.62 bits per heavy atom. The first-order chi connectivity index (χ1) is 16.2. The molecule has 1 atom stereocenters. The molecule has 34 heavy (non-hydrogen) atoms. The molecule has 3 aromatic carbocycles. The molecule has 0 bridgehead atoms. The normalized spacial score (nSPS) is 12.4. The topological polar surface area (TPSA) is 121 Å². The number of amides is 1. The van der Waals surface area contributed by atoms with Gasteiger partial charge in [0.1, 0.15) is 5.75 Å². The summed E-state index contributed by atoms with van der Waals surface area (Å²) in [6.07, 6.45) is -0.803. The standard InChI is InChI=1S/C25H24N4O4S/c1-17-4-14-24(15-5-17)34(31,32)29-22-10-8-21(9-11-22)18(2)27-28-25(30)19(3)33-23-12-6-20(16-26)7-13-23/h4-15,19,29H,1-3H3,(H,28,30)/b27-18+. The lowest BCUT2D eigenvalue weighted by atomic mass is 10.1. The number of ether oxygens (including phenoxy) is 1. The Bertz CT molecular complexity index is 1330. The number of rotatable bonds is 8. The van der Waals surface area contributed by atoms with Crippen LogP contribution in [-0.4, -0.2) is 26.1 Å². The molecule has 0 fully saturated rings. The van der Waals surface area contributed by atoms with Gasteiger partial charge in [0.05, 0.1) is 22.2 Å². The molecule has 8 nitrogen and oxygen atoms in total. The predicted molar refractivity (Wildman–Crippen MR) is 130 cm³/mol.